The lowest BCUT2D eigenvalue weighted by Gasteiger charge is -2.29. The topological polar surface area (TPSA) is 122 Å². The Morgan fingerprint density at radius 2 is 1.91 bits per heavy atom. The fourth-order valence-electron chi connectivity index (χ4n) is 5.33. The third kappa shape index (κ3) is 3.14. The van der Waals surface area contributed by atoms with Gasteiger partial charge in [0, 0.05) is 28.7 Å². The molecule has 2 aromatic rings. The van der Waals surface area contributed by atoms with Gasteiger partial charge in [-0.2, -0.15) is 0 Å². The van der Waals surface area contributed by atoms with Crippen LogP contribution in [0.15, 0.2) is 42.5 Å². The molecule has 170 valence electrons. The minimum atomic E-state index is -1.63. The number of hydrogen-bond acceptors (Lipinski definition) is 5. The van der Waals surface area contributed by atoms with Gasteiger partial charge in [0.1, 0.15) is 11.4 Å². The highest BCUT2D eigenvalue weighted by Gasteiger charge is 2.70. The Morgan fingerprint density at radius 1 is 1.15 bits per heavy atom. The molecule has 2 unspecified atom stereocenters. The maximum absolute atomic E-state index is 14.2. The second-order valence-electron chi connectivity index (χ2n) is 8.57. The van der Waals surface area contributed by atoms with Gasteiger partial charge in [-0.1, -0.05) is 29.8 Å². The Balaban J connectivity index is 1.60. The van der Waals surface area contributed by atoms with E-state index in [2.05, 4.69) is 10.6 Å². The molecule has 10 heteroatoms. The molecule has 2 aromatic carbocycles. The summed E-state index contributed by atoms with van der Waals surface area (Å²) in [6, 6.07) is 10.00. The van der Waals surface area contributed by atoms with Crippen LogP contribution >= 0.6 is 11.6 Å². The van der Waals surface area contributed by atoms with Gasteiger partial charge in [0.15, 0.2) is 0 Å². The molecular formula is C23H20ClFN4O4. The van der Waals surface area contributed by atoms with Crippen LogP contribution in [0.5, 0.6) is 0 Å². The van der Waals surface area contributed by atoms with Gasteiger partial charge < -0.3 is 11.1 Å². The van der Waals surface area contributed by atoms with E-state index in [0.717, 1.165) is 4.90 Å². The number of carbonyl (C=O) groups is 4. The lowest BCUT2D eigenvalue weighted by Crippen LogP contribution is -2.53. The molecule has 2 fully saturated rings. The van der Waals surface area contributed by atoms with Gasteiger partial charge in [-0.05, 0) is 36.2 Å². The molecule has 3 heterocycles. The monoisotopic (exact) mass is 470 g/mol. The number of nitrogens with two attached hydrogens (primary N) is 1. The molecule has 4 atom stereocenters. The second-order valence-corrected chi connectivity index (χ2v) is 8.97. The van der Waals surface area contributed by atoms with Gasteiger partial charge >= 0.3 is 0 Å². The molecule has 0 saturated carbocycles. The van der Waals surface area contributed by atoms with E-state index < -0.39 is 52.9 Å². The number of nitrogens with one attached hydrogen (secondary N) is 2. The smallest absolute Gasteiger partial charge is 0.250 e. The summed E-state index contributed by atoms with van der Waals surface area (Å²) in [6.07, 6.45) is 0.107. The number of nitrogens with zero attached hydrogens (tertiary/aromatic N) is 1. The van der Waals surface area contributed by atoms with Crippen LogP contribution in [-0.2, 0) is 31.3 Å². The van der Waals surface area contributed by atoms with E-state index >= 15 is 0 Å². The molecule has 8 nitrogen and oxygen atoms in total. The Labute approximate surface area is 193 Å². The largest absolute Gasteiger partial charge is 0.370 e. The molecule has 0 aromatic heterocycles. The quantitative estimate of drug-likeness (QED) is 0.574. The maximum Gasteiger partial charge on any atom is 0.250 e. The molecule has 3 aliphatic heterocycles. The van der Waals surface area contributed by atoms with Crippen LogP contribution in [0.4, 0.5) is 10.1 Å². The van der Waals surface area contributed by atoms with Crippen molar-refractivity contribution < 1.29 is 23.6 Å². The van der Waals surface area contributed by atoms with Gasteiger partial charge in [-0.25, -0.2) is 4.39 Å². The number of anilines is 1. The van der Waals surface area contributed by atoms with Gasteiger partial charge in [0.2, 0.25) is 23.6 Å². The molecule has 3 aliphatic rings. The number of likely N-dealkylation sites (tertiary alicyclic amines) is 1. The zero-order chi connectivity index (χ0) is 23.5. The maximum atomic E-state index is 14.2. The first-order chi connectivity index (χ1) is 15.7. The highest BCUT2D eigenvalue weighted by molar-refractivity contribution is 6.31. The molecule has 0 aliphatic carbocycles. The molecule has 4 amide bonds. The lowest BCUT2D eigenvalue weighted by molar-refractivity contribution is -0.143. The van der Waals surface area contributed by atoms with Crippen LogP contribution in [-0.4, -0.2) is 34.6 Å². The summed E-state index contributed by atoms with van der Waals surface area (Å²) in [5.41, 5.74) is 4.90. The Hall–Kier alpha value is -3.30. The summed E-state index contributed by atoms with van der Waals surface area (Å²) in [4.78, 5) is 53.0. The molecule has 2 saturated heterocycles. The minimum Gasteiger partial charge on any atom is -0.370 e. The fraction of sp³-hybridized carbons (Fsp3) is 0.304. The highest BCUT2D eigenvalue weighted by Crippen LogP contribution is 2.53. The van der Waals surface area contributed by atoms with Gasteiger partial charge in [0.05, 0.1) is 18.4 Å². The Kier molecular flexibility index (Phi) is 4.98. The summed E-state index contributed by atoms with van der Waals surface area (Å²) in [7, 11) is 0. The number of imide groups is 1. The van der Waals surface area contributed by atoms with Gasteiger partial charge in [0.25, 0.3) is 0 Å². The molecule has 5 rings (SSSR count). The van der Waals surface area contributed by atoms with Crippen molar-refractivity contribution in [1.29, 1.82) is 0 Å². The highest BCUT2D eigenvalue weighted by atomic mass is 35.5. The van der Waals surface area contributed by atoms with Crippen LogP contribution in [0.3, 0.4) is 0 Å². The number of fused-ring (bicyclic) bond motifs is 4. The Morgan fingerprint density at radius 3 is 2.64 bits per heavy atom. The van der Waals surface area contributed by atoms with E-state index in [0.29, 0.717) is 16.3 Å². The second kappa shape index (κ2) is 7.64. The number of carbonyl (C=O) groups excluding carboxylic acids is 4. The van der Waals surface area contributed by atoms with Crippen molar-refractivity contribution in [3.05, 3.63) is 64.4 Å². The van der Waals surface area contributed by atoms with Crippen LogP contribution in [0.25, 0.3) is 0 Å². The summed E-state index contributed by atoms with van der Waals surface area (Å²) in [5, 5.41) is 6.24. The zero-order valence-corrected chi connectivity index (χ0v) is 18.1. The predicted molar refractivity (Wildman–Crippen MR) is 116 cm³/mol. The van der Waals surface area contributed by atoms with Crippen LogP contribution < -0.4 is 16.4 Å². The first-order valence-electron chi connectivity index (χ1n) is 10.5. The third-order valence-electron chi connectivity index (χ3n) is 6.76. The number of rotatable bonds is 5. The predicted octanol–water partition coefficient (Wildman–Crippen LogP) is 1.67. The molecule has 1 spiro atoms. The van der Waals surface area contributed by atoms with Gasteiger partial charge in [-0.3, -0.25) is 29.4 Å². The lowest BCUT2D eigenvalue weighted by atomic mass is 9.76. The summed E-state index contributed by atoms with van der Waals surface area (Å²) >= 11 is 6.24. The van der Waals surface area contributed by atoms with Gasteiger partial charge in [-0.15, -0.1) is 0 Å². The van der Waals surface area contributed by atoms with Crippen molar-refractivity contribution in [2.45, 2.75) is 31.0 Å². The average molecular weight is 471 g/mol. The number of amides is 4. The summed E-state index contributed by atoms with van der Waals surface area (Å²) < 4.78 is 14.2. The normalized spacial score (nSPS) is 27.8. The summed E-state index contributed by atoms with van der Waals surface area (Å²) in [5.74, 6) is -4.73. The first-order valence-corrected chi connectivity index (χ1v) is 10.9. The summed E-state index contributed by atoms with van der Waals surface area (Å²) in [6.45, 7) is -0.0550. The van der Waals surface area contributed by atoms with E-state index in [1.807, 2.05) is 0 Å². The zero-order valence-electron chi connectivity index (χ0n) is 17.3. The van der Waals surface area contributed by atoms with Crippen molar-refractivity contribution in [2.24, 2.45) is 17.6 Å². The Bertz CT molecular complexity index is 1220. The van der Waals surface area contributed by atoms with Crippen molar-refractivity contribution >= 4 is 40.9 Å². The van der Waals surface area contributed by atoms with E-state index in [4.69, 9.17) is 17.3 Å². The van der Waals surface area contributed by atoms with Crippen molar-refractivity contribution in [3.8, 4) is 0 Å². The van der Waals surface area contributed by atoms with Crippen LogP contribution in [0, 0.1) is 17.7 Å². The van der Waals surface area contributed by atoms with Crippen molar-refractivity contribution in [3.63, 3.8) is 0 Å². The van der Waals surface area contributed by atoms with E-state index in [1.165, 1.54) is 18.2 Å². The number of benzene rings is 2. The number of halogens is 2. The van der Waals surface area contributed by atoms with Crippen LogP contribution in [0.1, 0.15) is 24.0 Å². The standard InChI is InChI=1S/C23H20ClFN4O4/c24-14-4-2-1-3-11(14)10-29-20(31)18-16(7-8-17(26)30)28-23(19(18)21(29)32)13-9-12(25)5-6-15(13)27-22(23)33/h1-6,9,16,18-19,28H,7-8,10H2,(H2,26,30)(H,27,33)/t16?,18-,19+,23?/m1/s1. The number of hydrogen-bond donors (Lipinski definition) is 3. The molecule has 33 heavy (non-hydrogen) atoms. The fourth-order valence-corrected chi connectivity index (χ4v) is 5.53. The minimum absolute atomic E-state index is 0.0411. The van der Waals surface area contributed by atoms with E-state index in [-0.39, 0.29) is 24.9 Å². The molecular weight excluding hydrogens is 451 g/mol. The molecule has 4 N–H and O–H groups in total. The number of primary amides is 1. The average Bonchev–Trinajstić information content (AvgIpc) is 3.34. The molecule has 0 radical (unpaired) electrons. The van der Waals surface area contributed by atoms with E-state index in [1.54, 1.807) is 24.3 Å². The third-order valence-corrected chi connectivity index (χ3v) is 7.13. The molecule has 0 bridgehead atoms. The van der Waals surface area contributed by atoms with Crippen molar-refractivity contribution in [2.75, 3.05) is 5.32 Å². The van der Waals surface area contributed by atoms with Crippen LogP contribution in [0.2, 0.25) is 5.02 Å². The van der Waals surface area contributed by atoms with Crippen molar-refractivity contribution in [1.82, 2.24) is 10.2 Å². The van der Waals surface area contributed by atoms with E-state index in [9.17, 15) is 23.6 Å². The first kappa shape index (κ1) is 21.5. The SMILES string of the molecule is NC(=O)CCC1NC2(C(=O)Nc3ccc(F)cc32)[C@@H]2C(=O)N(Cc3ccccc3Cl)C(=O)[C@H]12.